The van der Waals surface area contributed by atoms with Gasteiger partial charge in [-0.1, -0.05) is 37.1 Å². The molecular weight excluding hydrogens is 594 g/mol. The molecule has 5 rings (SSSR count). The summed E-state index contributed by atoms with van der Waals surface area (Å²) in [5.41, 5.74) is -1.51. The monoisotopic (exact) mass is 637 g/mol. The van der Waals surface area contributed by atoms with Gasteiger partial charge in [0.25, 0.3) is 0 Å². The Morgan fingerprint density at radius 3 is 2.74 bits per heavy atom. The van der Waals surface area contributed by atoms with Gasteiger partial charge in [0.1, 0.15) is 29.0 Å². The molecule has 1 saturated carbocycles. The number of fused-ring (bicyclic) bond motifs is 2. The number of carbonyl (C=O) groups is 4. The molecule has 1 aromatic heterocycles. The van der Waals surface area contributed by atoms with Crippen molar-refractivity contribution in [1.82, 2.24) is 35.7 Å². The maximum Gasteiger partial charge on any atom is 0.408 e. The fraction of sp³-hybridized carbons (Fsp3) is 0.594. The van der Waals surface area contributed by atoms with E-state index in [0.717, 1.165) is 19.3 Å². The van der Waals surface area contributed by atoms with Crippen molar-refractivity contribution in [3.63, 3.8) is 0 Å². The molecule has 248 valence electrons. The van der Waals surface area contributed by atoms with Gasteiger partial charge < -0.3 is 30.1 Å². The molecule has 3 heterocycles. The maximum absolute atomic E-state index is 14.2. The predicted octanol–water partition coefficient (Wildman–Crippen LogP) is 3.25. The number of allylic oxidation sites excluding steroid dienone is 1. The first-order chi connectivity index (χ1) is 21.9. The van der Waals surface area contributed by atoms with E-state index in [1.54, 1.807) is 26.8 Å². The summed E-state index contributed by atoms with van der Waals surface area (Å²) >= 11 is 0. The van der Waals surface area contributed by atoms with Gasteiger partial charge in [0, 0.05) is 24.4 Å². The second kappa shape index (κ2) is 13.5. The van der Waals surface area contributed by atoms with Gasteiger partial charge in [0.15, 0.2) is 0 Å². The van der Waals surface area contributed by atoms with Crippen LogP contribution in [0.4, 0.5) is 4.79 Å². The van der Waals surface area contributed by atoms with Crippen LogP contribution in [-0.4, -0.2) is 90.5 Å². The maximum atomic E-state index is 14.2. The van der Waals surface area contributed by atoms with Crippen molar-refractivity contribution in [3.05, 3.63) is 36.4 Å². The third-order valence-electron chi connectivity index (χ3n) is 8.49. The molecule has 3 aliphatic rings. The van der Waals surface area contributed by atoms with E-state index >= 15 is 0 Å². The van der Waals surface area contributed by atoms with Crippen molar-refractivity contribution in [2.75, 3.05) is 13.2 Å². The molecule has 14 nitrogen and oxygen atoms in total. The number of aliphatic carboxylic acids is 1. The van der Waals surface area contributed by atoms with Gasteiger partial charge in [-0.2, -0.15) is 4.80 Å². The van der Waals surface area contributed by atoms with Gasteiger partial charge in [-0.25, -0.2) is 9.59 Å². The van der Waals surface area contributed by atoms with Crippen molar-refractivity contribution < 1.29 is 33.8 Å². The molecule has 5 atom stereocenters. The molecule has 46 heavy (non-hydrogen) atoms. The van der Waals surface area contributed by atoms with Gasteiger partial charge in [-0.3, -0.25) is 9.59 Å². The Labute approximate surface area is 267 Å². The van der Waals surface area contributed by atoms with Crippen LogP contribution in [0.1, 0.15) is 78.7 Å². The molecule has 2 aliphatic heterocycles. The van der Waals surface area contributed by atoms with Crippen LogP contribution >= 0.6 is 0 Å². The van der Waals surface area contributed by atoms with Gasteiger partial charge in [-0.15, -0.1) is 10.2 Å². The summed E-state index contributed by atoms with van der Waals surface area (Å²) in [4.78, 5) is 56.0. The summed E-state index contributed by atoms with van der Waals surface area (Å²) in [6.07, 6.45) is 6.88. The largest absolute Gasteiger partial charge is 0.494 e. The van der Waals surface area contributed by atoms with Crippen molar-refractivity contribution in [2.24, 2.45) is 5.92 Å². The standard InChI is InChI=1S/C32H43N7O7/c1-5-45-23-14-11-12-20(16-23)26-35-37-39(36-26)22-17-25-27(40)34-32(29(42)43)18-21(32)13-9-7-6-8-10-15-24(28(41)38(25)19-22)33-30(44)46-31(2,3)4/h9,11-14,16,21-22,24-25H,5-8,10,15,17-19H2,1-4H3,(H,33,44)(H,34,40)(H,42,43)/b13-9-/t21?,22-,24?,25?,32?/m1/s1. The van der Waals surface area contributed by atoms with Gasteiger partial charge in [0.05, 0.1) is 12.6 Å². The SMILES string of the molecule is CCOc1cccc(-c2nnn([C@@H]3CC4C(=O)NC5(C(=O)O)CC5/C=C\CCCCCC(NC(=O)OC(C)(C)C)C(=O)N4C3)n2)c1. The van der Waals surface area contributed by atoms with Crippen LogP contribution in [-0.2, 0) is 19.1 Å². The number of carbonyl (C=O) groups excluding carboxylic acids is 3. The third kappa shape index (κ3) is 7.48. The number of alkyl carbamates (subject to hydrolysis) is 1. The number of benzene rings is 1. The lowest BCUT2D eigenvalue weighted by molar-refractivity contribution is -0.145. The predicted molar refractivity (Wildman–Crippen MR) is 166 cm³/mol. The summed E-state index contributed by atoms with van der Waals surface area (Å²) in [6.45, 7) is 7.66. The van der Waals surface area contributed by atoms with Crippen LogP contribution in [0.2, 0.25) is 0 Å². The quantitative estimate of drug-likeness (QED) is 0.398. The first-order valence-electron chi connectivity index (χ1n) is 15.9. The molecule has 0 spiro atoms. The number of carboxylic acid groups (broad SMARTS) is 1. The number of carboxylic acids is 1. The Morgan fingerprint density at radius 2 is 2.00 bits per heavy atom. The molecule has 2 fully saturated rings. The molecule has 1 saturated heterocycles. The molecule has 1 aromatic carbocycles. The molecule has 2 aromatic rings. The lowest BCUT2D eigenvalue weighted by Gasteiger charge is -2.30. The minimum absolute atomic E-state index is 0.0571. The van der Waals surface area contributed by atoms with Crippen LogP contribution in [0.5, 0.6) is 5.75 Å². The van der Waals surface area contributed by atoms with E-state index in [2.05, 4.69) is 26.0 Å². The molecule has 4 unspecified atom stereocenters. The zero-order valence-corrected chi connectivity index (χ0v) is 26.8. The summed E-state index contributed by atoms with van der Waals surface area (Å²) in [7, 11) is 0. The number of ether oxygens (including phenoxy) is 2. The van der Waals surface area contributed by atoms with E-state index in [1.807, 2.05) is 37.3 Å². The zero-order chi connectivity index (χ0) is 33.1. The van der Waals surface area contributed by atoms with E-state index in [9.17, 15) is 24.3 Å². The molecule has 1 aliphatic carbocycles. The van der Waals surface area contributed by atoms with Gasteiger partial charge in [0.2, 0.25) is 17.6 Å². The first-order valence-corrected chi connectivity index (χ1v) is 15.9. The number of rotatable bonds is 6. The highest BCUT2D eigenvalue weighted by Crippen LogP contribution is 2.45. The topological polar surface area (TPSA) is 178 Å². The van der Waals surface area contributed by atoms with Crippen molar-refractivity contribution in [3.8, 4) is 17.1 Å². The van der Waals surface area contributed by atoms with E-state index in [-0.39, 0.29) is 25.3 Å². The number of nitrogens with zero attached hydrogens (tertiary/aromatic N) is 5. The normalized spacial score (nSPS) is 27.7. The molecule has 0 bridgehead atoms. The van der Waals surface area contributed by atoms with Gasteiger partial charge >= 0.3 is 12.1 Å². The van der Waals surface area contributed by atoms with Crippen molar-refractivity contribution in [2.45, 2.75) is 102 Å². The summed E-state index contributed by atoms with van der Waals surface area (Å²) in [5.74, 6) is -1.48. The highest BCUT2D eigenvalue weighted by Gasteiger charge is 2.61. The summed E-state index contributed by atoms with van der Waals surface area (Å²) < 4.78 is 11.0. The average Bonchev–Trinajstić information content (AvgIpc) is 3.31. The lowest BCUT2D eigenvalue weighted by Crippen LogP contribution is -2.56. The molecule has 0 radical (unpaired) electrons. The van der Waals surface area contributed by atoms with Crippen LogP contribution in [0.25, 0.3) is 11.4 Å². The Balaban J connectivity index is 1.44. The van der Waals surface area contributed by atoms with Crippen LogP contribution in [0.3, 0.4) is 0 Å². The van der Waals surface area contributed by atoms with E-state index in [1.165, 1.54) is 9.70 Å². The van der Waals surface area contributed by atoms with Crippen LogP contribution in [0, 0.1) is 5.92 Å². The molecule has 3 N–H and O–H groups in total. The number of amides is 3. The fourth-order valence-corrected chi connectivity index (χ4v) is 6.08. The number of hydrogen-bond acceptors (Lipinski definition) is 9. The Bertz CT molecular complexity index is 1480. The smallest absolute Gasteiger partial charge is 0.408 e. The highest BCUT2D eigenvalue weighted by atomic mass is 16.6. The number of tetrazole rings is 1. The fourth-order valence-electron chi connectivity index (χ4n) is 6.08. The number of aromatic nitrogens is 4. The van der Waals surface area contributed by atoms with Crippen molar-refractivity contribution in [1.29, 1.82) is 0 Å². The Kier molecular flexibility index (Phi) is 9.63. The van der Waals surface area contributed by atoms with Crippen LogP contribution < -0.4 is 15.4 Å². The highest BCUT2D eigenvalue weighted by molar-refractivity contribution is 5.96. The minimum atomic E-state index is -1.43. The zero-order valence-electron chi connectivity index (χ0n) is 26.8. The minimum Gasteiger partial charge on any atom is -0.494 e. The lowest BCUT2D eigenvalue weighted by atomic mass is 10.0. The third-order valence-corrected chi connectivity index (χ3v) is 8.49. The summed E-state index contributed by atoms with van der Waals surface area (Å²) in [6, 6.07) is 4.78. The second-order valence-corrected chi connectivity index (χ2v) is 13.1. The van der Waals surface area contributed by atoms with Crippen LogP contribution in [0.15, 0.2) is 36.4 Å². The van der Waals surface area contributed by atoms with E-state index in [0.29, 0.717) is 36.6 Å². The molecule has 3 amide bonds. The average molecular weight is 638 g/mol. The van der Waals surface area contributed by atoms with Crippen molar-refractivity contribution >= 4 is 23.9 Å². The first kappa shape index (κ1) is 32.9. The van der Waals surface area contributed by atoms with Gasteiger partial charge in [-0.05, 0) is 70.7 Å². The number of nitrogens with one attached hydrogen (secondary N) is 2. The van der Waals surface area contributed by atoms with E-state index in [4.69, 9.17) is 9.47 Å². The second-order valence-electron chi connectivity index (χ2n) is 13.1. The Morgan fingerprint density at radius 1 is 1.20 bits per heavy atom. The van der Waals surface area contributed by atoms with E-state index < -0.39 is 53.1 Å². The molecule has 14 heteroatoms. The molecular formula is C32H43N7O7. The Hall–Kier alpha value is -4.49. The summed E-state index contributed by atoms with van der Waals surface area (Å²) in [5, 5.41) is 28.6. The number of hydrogen-bond donors (Lipinski definition) is 3.